The summed E-state index contributed by atoms with van der Waals surface area (Å²) in [6.45, 7) is 7.75. The number of sulfonamides is 1. The van der Waals surface area contributed by atoms with E-state index in [-0.39, 0.29) is 16.9 Å². The molecule has 2 aromatic rings. The molecular formula is C20H24N2O4S. The van der Waals surface area contributed by atoms with Gasteiger partial charge in [-0.15, -0.1) is 0 Å². The summed E-state index contributed by atoms with van der Waals surface area (Å²) in [5.74, 6) is 0.369. The molecule has 1 atom stereocenters. The lowest BCUT2D eigenvalue weighted by Crippen LogP contribution is -2.41. The first-order valence-electron chi connectivity index (χ1n) is 8.92. The molecule has 6 nitrogen and oxygen atoms in total. The Bertz CT molecular complexity index is 972. The van der Waals surface area contributed by atoms with Gasteiger partial charge in [0.2, 0.25) is 5.91 Å². The van der Waals surface area contributed by atoms with Gasteiger partial charge < -0.3 is 9.64 Å². The molecule has 0 fully saturated rings. The minimum atomic E-state index is -3.78. The van der Waals surface area contributed by atoms with Crippen molar-refractivity contribution in [3.05, 3.63) is 48.0 Å². The summed E-state index contributed by atoms with van der Waals surface area (Å²) in [6.07, 6.45) is -0.150. The Morgan fingerprint density at radius 1 is 1.26 bits per heavy atom. The third-order valence-electron chi connectivity index (χ3n) is 4.53. The van der Waals surface area contributed by atoms with E-state index in [1.165, 1.54) is 23.4 Å². The number of anilines is 2. The molecule has 1 aliphatic rings. The van der Waals surface area contributed by atoms with Crippen LogP contribution in [0.3, 0.4) is 0 Å². The molecule has 27 heavy (non-hydrogen) atoms. The van der Waals surface area contributed by atoms with Crippen molar-refractivity contribution in [2.24, 2.45) is 0 Å². The molecule has 1 aliphatic heterocycles. The van der Waals surface area contributed by atoms with E-state index in [1.807, 2.05) is 32.0 Å². The minimum Gasteiger partial charge on any atom is -0.487 e. The molecule has 0 N–H and O–H groups in total. The van der Waals surface area contributed by atoms with Gasteiger partial charge in [0.05, 0.1) is 22.8 Å². The van der Waals surface area contributed by atoms with Gasteiger partial charge in [-0.05, 0) is 56.7 Å². The van der Waals surface area contributed by atoms with Crippen LogP contribution in [-0.4, -0.2) is 33.5 Å². The van der Waals surface area contributed by atoms with E-state index < -0.39 is 10.0 Å². The predicted octanol–water partition coefficient (Wildman–Crippen LogP) is 3.34. The molecule has 0 unspecified atom stereocenters. The molecule has 1 heterocycles. The molecule has 7 heteroatoms. The van der Waals surface area contributed by atoms with Gasteiger partial charge in [0.1, 0.15) is 11.9 Å². The third-order valence-corrected chi connectivity index (χ3v) is 6.43. The largest absolute Gasteiger partial charge is 0.487 e. The average Bonchev–Trinajstić information content (AvgIpc) is 2.60. The van der Waals surface area contributed by atoms with Crippen LogP contribution in [0, 0.1) is 6.92 Å². The van der Waals surface area contributed by atoms with Crippen molar-refractivity contribution in [3.63, 3.8) is 0 Å². The van der Waals surface area contributed by atoms with Crippen LogP contribution in [0.1, 0.15) is 26.3 Å². The Morgan fingerprint density at radius 2 is 2.00 bits per heavy atom. The summed E-state index contributed by atoms with van der Waals surface area (Å²) < 4.78 is 33.7. The maximum absolute atomic E-state index is 13.3. The first kappa shape index (κ1) is 19.2. The number of carbonyl (C=O) groups excluding carboxylic acids is 1. The zero-order valence-corrected chi connectivity index (χ0v) is 16.8. The van der Waals surface area contributed by atoms with Gasteiger partial charge in [-0.3, -0.25) is 9.10 Å². The minimum absolute atomic E-state index is 0.133. The topological polar surface area (TPSA) is 66.9 Å². The number of benzene rings is 2. The molecule has 0 saturated carbocycles. The van der Waals surface area contributed by atoms with E-state index in [0.29, 0.717) is 30.2 Å². The fourth-order valence-corrected chi connectivity index (χ4v) is 4.76. The molecule has 0 aromatic heterocycles. The van der Waals surface area contributed by atoms with Crippen molar-refractivity contribution >= 4 is 27.3 Å². The molecule has 0 bridgehead atoms. The van der Waals surface area contributed by atoms with Gasteiger partial charge in [0, 0.05) is 13.5 Å². The van der Waals surface area contributed by atoms with Gasteiger partial charge in [-0.2, -0.15) is 0 Å². The Morgan fingerprint density at radius 3 is 2.63 bits per heavy atom. The van der Waals surface area contributed by atoms with E-state index in [0.717, 1.165) is 5.56 Å². The number of fused-ring (bicyclic) bond motifs is 1. The fraction of sp³-hybridized carbons (Fsp3) is 0.350. The van der Waals surface area contributed by atoms with Crippen molar-refractivity contribution in [2.45, 2.75) is 38.7 Å². The van der Waals surface area contributed by atoms with Crippen LogP contribution < -0.4 is 13.9 Å². The van der Waals surface area contributed by atoms with Crippen molar-refractivity contribution in [1.82, 2.24) is 0 Å². The summed E-state index contributed by atoms with van der Waals surface area (Å²) >= 11 is 0. The number of hydrogen-bond donors (Lipinski definition) is 0. The van der Waals surface area contributed by atoms with Crippen molar-refractivity contribution in [1.29, 1.82) is 0 Å². The Kier molecular flexibility index (Phi) is 5.15. The zero-order chi connectivity index (χ0) is 19.8. The molecular weight excluding hydrogens is 364 g/mol. The van der Waals surface area contributed by atoms with Crippen molar-refractivity contribution in [2.75, 3.05) is 22.3 Å². The second-order valence-electron chi connectivity index (χ2n) is 6.70. The van der Waals surface area contributed by atoms with Crippen LogP contribution in [0.5, 0.6) is 5.75 Å². The predicted molar refractivity (Wildman–Crippen MR) is 106 cm³/mol. The molecule has 0 aliphatic carbocycles. The summed E-state index contributed by atoms with van der Waals surface area (Å²) in [7, 11) is -3.78. The summed E-state index contributed by atoms with van der Waals surface area (Å²) in [6, 6.07) is 12.1. The fourth-order valence-electron chi connectivity index (χ4n) is 3.28. The Labute approximate surface area is 160 Å². The van der Waals surface area contributed by atoms with E-state index in [2.05, 4.69) is 0 Å². The highest BCUT2D eigenvalue weighted by Gasteiger charge is 2.30. The lowest BCUT2D eigenvalue weighted by Gasteiger charge is -2.33. The van der Waals surface area contributed by atoms with Gasteiger partial charge >= 0.3 is 0 Å². The quantitative estimate of drug-likeness (QED) is 0.806. The third kappa shape index (κ3) is 3.64. The number of rotatable bonds is 4. The lowest BCUT2D eigenvalue weighted by atomic mass is 10.2. The number of carbonyl (C=O) groups is 1. The van der Waals surface area contributed by atoms with Gasteiger partial charge in [-0.25, -0.2) is 8.42 Å². The summed E-state index contributed by atoms with van der Waals surface area (Å²) in [5.41, 5.74) is 2.09. The van der Waals surface area contributed by atoms with Gasteiger partial charge in [0.25, 0.3) is 10.0 Å². The average molecular weight is 388 g/mol. The van der Waals surface area contributed by atoms with Crippen LogP contribution in [0.25, 0.3) is 0 Å². The molecule has 144 valence electrons. The highest BCUT2D eigenvalue weighted by atomic mass is 32.2. The smallest absolute Gasteiger partial charge is 0.264 e. The van der Waals surface area contributed by atoms with Crippen LogP contribution in [-0.2, 0) is 14.8 Å². The summed E-state index contributed by atoms with van der Waals surface area (Å²) in [5, 5.41) is 0. The standard InChI is InChI=1S/C20H24N2O4S/c1-5-22(17-8-6-7-14(2)11-17)27(24,25)18-9-10-20-19(12-18)21(16(4)23)13-15(3)26-20/h6-12,15H,5,13H2,1-4H3/t15-/m1/s1. The van der Waals surface area contributed by atoms with Crippen LogP contribution in [0.15, 0.2) is 47.4 Å². The first-order chi connectivity index (χ1) is 12.7. The number of hydrogen-bond acceptors (Lipinski definition) is 4. The van der Waals surface area contributed by atoms with Crippen molar-refractivity contribution < 1.29 is 17.9 Å². The second-order valence-corrected chi connectivity index (χ2v) is 8.56. The number of ether oxygens (including phenoxy) is 1. The number of aryl methyl sites for hydroxylation is 1. The second kappa shape index (κ2) is 7.23. The van der Waals surface area contributed by atoms with Gasteiger partial charge in [0.15, 0.2) is 0 Å². The van der Waals surface area contributed by atoms with Gasteiger partial charge in [-0.1, -0.05) is 12.1 Å². The SMILES string of the molecule is CCN(c1cccc(C)c1)S(=O)(=O)c1ccc2c(c1)N(C(C)=O)C[C@@H](C)O2. The maximum atomic E-state index is 13.3. The van der Waals surface area contributed by atoms with E-state index in [9.17, 15) is 13.2 Å². The van der Waals surface area contributed by atoms with Crippen molar-refractivity contribution in [3.8, 4) is 5.75 Å². The molecule has 3 rings (SSSR count). The Balaban J connectivity index is 2.07. The van der Waals surface area contributed by atoms with E-state index in [4.69, 9.17) is 4.74 Å². The Hall–Kier alpha value is -2.54. The maximum Gasteiger partial charge on any atom is 0.264 e. The van der Waals surface area contributed by atoms with Crippen LogP contribution in [0.4, 0.5) is 11.4 Å². The first-order valence-corrected chi connectivity index (χ1v) is 10.4. The van der Waals surface area contributed by atoms with Crippen LogP contribution in [0.2, 0.25) is 0 Å². The monoisotopic (exact) mass is 388 g/mol. The summed E-state index contributed by atoms with van der Waals surface area (Å²) in [4.78, 5) is 13.7. The highest BCUT2D eigenvalue weighted by Crippen LogP contribution is 2.36. The van der Waals surface area contributed by atoms with Crippen LogP contribution >= 0.6 is 0 Å². The van der Waals surface area contributed by atoms with E-state index in [1.54, 1.807) is 24.0 Å². The zero-order valence-electron chi connectivity index (χ0n) is 16.0. The normalized spacial score (nSPS) is 16.4. The molecule has 1 amide bonds. The highest BCUT2D eigenvalue weighted by molar-refractivity contribution is 7.92. The van der Waals surface area contributed by atoms with E-state index >= 15 is 0 Å². The molecule has 0 radical (unpaired) electrons. The molecule has 0 saturated heterocycles. The number of nitrogens with zero attached hydrogens (tertiary/aromatic N) is 2. The lowest BCUT2D eigenvalue weighted by molar-refractivity contribution is -0.117. The molecule has 2 aromatic carbocycles. The molecule has 0 spiro atoms. The number of amides is 1.